The number of aryl methyl sites for hydroxylation is 1. The Hall–Kier alpha value is -2.55. The molecule has 0 atom stereocenters. The molecule has 1 aliphatic rings. The first-order valence-electron chi connectivity index (χ1n) is 7.88. The van der Waals surface area contributed by atoms with Crippen LogP contribution >= 0.6 is 0 Å². The van der Waals surface area contributed by atoms with E-state index in [9.17, 15) is 8.78 Å². The molecule has 0 saturated carbocycles. The molecule has 1 saturated heterocycles. The lowest BCUT2D eigenvalue weighted by Crippen LogP contribution is -2.36. The van der Waals surface area contributed by atoms with Crippen molar-refractivity contribution in [3.05, 3.63) is 24.0 Å². The molecule has 1 aliphatic heterocycles. The first-order chi connectivity index (χ1) is 12.0. The molecular weight excluding hydrogens is 332 g/mol. The van der Waals surface area contributed by atoms with Crippen molar-refractivity contribution in [2.75, 3.05) is 43.5 Å². The van der Waals surface area contributed by atoms with Crippen molar-refractivity contribution in [3.63, 3.8) is 0 Å². The standard InChI is InChI=1S/C16H19F2N5O2/c1-10-12(6-11(19)8-20-10)13-7-14(23-2-4-24-5-3-23)16(22-21-13)25-9-15(17)18/h6-8,15H,2-5,9,19H2,1H3. The van der Waals surface area contributed by atoms with Crippen LogP contribution in [-0.2, 0) is 4.74 Å². The van der Waals surface area contributed by atoms with Gasteiger partial charge in [0, 0.05) is 24.3 Å². The molecule has 0 spiro atoms. The van der Waals surface area contributed by atoms with E-state index in [1.165, 1.54) is 0 Å². The van der Waals surface area contributed by atoms with Gasteiger partial charge in [-0.25, -0.2) is 8.78 Å². The second-order valence-electron chi connectivity index (χ2n) is 5.62. The number of rotatable bonds is 5. The van der Waals surface area contributed by atoms with Crippen molar-refractivity contribution in [2.45, 2.75) is 13.3 Å². The van der Waals surface area contributed by atoms with E-state index >= 15 is 0 Å². The molecule has 0 bridgehead atoms. The van der Waals surface area contributed by atoms with E-state index in [1.54, 1.807) is 18.3 Å². The number of alkyl halides is 2. The van der Waals surface area contributed by atoms with Gasteiger partial charge in [0.05, 0.1) is 30.8 Å². The Morgan fingerprint density at radius 3 is 2.76 bits per heavy atom. The van der Waals surface area contributed by atoms with Crippen LogP contribution in [0.25, 0.3) is 11.3 Å². The molecule has 1 fully saturated rings. The summed E-state index contributed by atoms with van der Waals surface area (Å²) >= 11 is 0. The molecule has 3 rings (SSSR count). The number of morpholine rings is 1. The minimum Gasteiger partial charge on any atom is -0.469 e. The van der Waals surface area contributed by atoms with Crippen molar-refractivity contribution < 1.29 is 18.3 Å². The van der Waals surface area contributed by atoms with Crippen LogP contribution in [0.15, 0.2) is 18.3 Å². The van der Waals surface area contributed by atoms with Gasteiger partial charge in [-0.1, -0.05) is 0 Å². The number of nitrogens with two attached hydrogens (primary N) is 1. The van der Waals surface area contributed by atoms with E-state index < -0.39 is 13.0 Å². The van der Waals surface area contributed by atoms with Gasteiger partial charge < -0.3 is 20.1 Å². The molecule has 134 valence electrons. The maximum absolute atomic E-state index is 12.5. The number of nitrogens with zero attached hydrogens (tertiary/aromatic N) is 4. The van der Waals surface area contributed by atoms with Crippen LogP contribution in [-0.4, -0.2) is 54.5 Å². The molecule has 0 amide bonds. The van der Waals surface area contributed by atoms with Gasteiger partial charge in [0.15, 0.2) is 6.61 Å². The summed E-state index contributed by atoms with van der Waals surface area (Å²) in [7, 11) is 0. The average Bonchev–Trinajstić information content (AvgIpc) is 2.62. The summed E-state index contributed by atoms with van der Waals surface area (Å²) in [5.74, 6) is 0.0838. The van der Waals surface area contributed by atoms with Gasteiger partial charge in [-0.2, -0.15) is 0 Å². The van der Waals surface area contributed by atoms with Gasteiger partial charge >= 0.3 is 0 Å². The van der Waals surface area contributed by atoms with E-state index in [4.69, 9.17) is 15.2 Å². The summed E-state index contributed by atoms with van der Waals surface area (Å²) in [6.07, 6.45) is -1.02. The Labute approximate surface area is 143 Å². The van der Waals surface area contributed by atoms with Crippen LogP contribution in [0.5, 0.6) is 5.88 Å². The van der Waals surface area contributed by atoms with Crippen LogP contribution in [0.3, 0.4) is 0 Å². The number of nitrogen functional groups attached to an aromatic ring is 1. The zero-order valence-corrected chi connectivity index (χ0v) is 13.8. The number of ether oxygens (including phenoxy) is 2. The smallest absolute Gasteiger partial charge is 0.272 e. The Balaban J connectivity index is 1.99. The summed E-state index contributed by atoms with van der Waals surface area (Å²) in [5.41, 5.74) is 8.97. The molecule has 2 N–H and O–H groups in total. The second-order valence-corrected chi connectivity index (χ2v) is 5.62. The predicted octanol–water partition coefficient (Wildman–Crippen LogP) is 1.91. The van der Waals surface area contributed by atoms with Gasteiger partial charge in [-0.05, 0) is 19.1 Å². The Bertz CT molecular complexity index is 738. The number of anilines is 2. The third kappa shape index (κ3) is 4.11. The largest absolute Gasteiger partial charge is 0.469 e. The van der Waals surface area contributed by atoms with Crippen molar-refractivity contribution in [2.24, 2.45) is 0 Å². The molecule has 3 heterocycles. The normalized spacial score (nSPS) is 14.8. The molecule has 2 aromatic rings. The van der Waals surface area contributed by atoms with Crippen molar-refractivity contribution in [3.8, 4) is 17.1 Å². The Kier molecular flexibility index (Phi) is 5.22. The second kappa shape index (κ2) is 7.56. The summed E-state index contributed by atoms with van der Waals surface area (Å²) in [5, 5.41) is 8.13. The van der Waals surface area contributed by atoms with Gasteiger partial charge in [-0.15, -0.1) is 10.2 Å². The third-order valence-corrected chi connectivity index (χ3v) is 3.82. The lowest BCUT2D eigenvalue weighted by Gasteiger charge is -2.29. The van der Waals surface area contributed by atoms with Crippen LogP contribution < -0.4 is 15.4 Å². The fraction of sp³-hybridized carbons (Fsp3) is 0.438. The molecule has 0 unspecified atom stereocenters. The SMILES string of the molecule is Cc1ncc(N)cc1-c1cc(N2CCOCC2)c(OCC(F)F)nn1. The highest BCUT2D eigenvalue weighted by molar-refractivity contribution is 5.70. The summed E-state index contributed by atoms with van der Waals surface area (Å²) in [4.78, 5) is 6.21. The molecule has 25 heavy (non-hydrogen) atoms. The van der Waals surface area contributed by atoms with Gasteiger partial charge in [0.1, 0.15) is 5.69 Å². The first-order valence-corrected chi connectivity index (χ1v) is 7.88. The topological polar surface area (TPSA) is 86.4 Å². The van der Waals surface area contributed by atoms with Crippen LogP contribution in [0, 0.1) is 6.92 Å². The monoisotopic (exact) mass is 351 g/mol. The summed E-state index contributed by atoms with van der Waals surface area (Å²) in [6.45, 7) is 3.43. The number of hydrogen-bond acceptors (Lipinski definition) is 7. The number of halogens is 2. The van der Waals surface area contributed by atoms with Crippen molar-refractivity contribution in [1.29, 1.82) is 0 Å². The third-order valence-electron chi connectivity index (χ3n) is 3.82. The van der Waals surface area contributed by atoms with Crippen molar-refractivity contribution in [1.82, 2.24) is 15.2 Å². The van der Waals surface area contributed by atoms with Crippen LogP contribution in [0.1, 0.15) is 5.69 Å². The fourth-order valence-corrected chi connectivity index (χ4v) is 2.59. The molecule has 2 aromatic heterocycles. The van der Waals surface area contributed by atoms with Gasteiger partial charge in [-0.3, -0.25) is 4.98 Å². The minimum atomic E-state index is -2.58. The van der Waals surface area contributed by atoms with Crippen LogP contribution in [0.2, 0.25) is 0 Å². The molecule has 0 aromatic carbocycles. The number of aromatic nitrogens is 3. The van der Waals surface area contributed by atoms with E-state index in [2.05, 4.69) is 15.2 Å². The molecule has 9 heteroatoms. The number of hydrogen-bond donors (Lipinski definition) is 1. The van der Waals surface area contributed by atoms with E-state index in [1.807, 2.05) is 11.8 Å². The van der Waals surface area contributed by atoms with Crippen molar-refractivity contribution >= 4 is 11.4 Å². The number of pyridine rings is 1. The molecule has 0 aliphatic carbocycles. The van der Waals surface area contributed by atoms with E-state index in [0.717, 1.165) is 11.3 Å². The molecule has 7 nitrogen and oxygen atoms in total. The highest BCUT2D eigenvalue weighted by Crippen LogP contribution is 2.32. The zero-order chi connectivity index (χ0) is 17.8. The zero-order valence-electron chi connectivity index (χ0n) is 13.8. The quantitative estimate of drug-likeness (QED) is 0.880. The highest BCUT2D eigenvalue weighted by atomic mass is 19.3. The van der Waals surface area contributed by atoms with Gasteiger partial charge in [0.2, 0.25) is 0 Å². The Morgan fingerprint density at radius 1 is 1.28 bits per heavy atom. The molecular formula is C16H19F2N5O2. The molecule has 0 radical (unpaired) electrons. The van der Waals surface area contributed by atoms with Crippen LogP contribution in [0.4, 0.5) is 20.2 Å². The maximum Gasteiger partial charge on any atom is 0.272 e. The van der Waals surface area contributed by atoms with Gasteiger partial charge in [0.25, 0.3) is 12.3 Å². The average molecular weight is 351 g/mol. The first kappa shape index (κ1) is 17.3. The Morgan fingerprint density at radius 2 is 2.04 bits per heavy atom. The van der Waals surface area contributed by atoms with E-state index in [-0.39, 0.29) is 5.88 Å². The maximum atomic E-state index is 12.5. The lowest BCUT2D eigenvalue weighted by atomic mass is 10.1. The highest BCUT2D eigenvalue weighted by Gasteiger charge is 2.20. The lowest BCUT2D eigenvalue weighted by molar-refractivity contribution is 0.0788. The minimum absolute atomic E-state index is 0.0838. The van der Waals surface area contributed by atoms with E-state index in [0.29, 0.717) is 43.4 Å². The summed E-state index contributed by atoms with van der Waals surface area (Å²) < 4.78 is 35.5. The fourth-order valence-electron chi connectivity index (χ4n) is 2.59. The summed E-state index contributed by atoms with van der Waals surface area (Å²) in [6, 6.07) is 3.53. The predicted molar refractivity (Wildman–Crippen MR) is 88.9 cm³/mol.